The SMILES string of the molecule is CN(C)C/C=C/C(=O)Cc1ccc(C(=O)N2CCCC(Nc3ncc(Cl)c(C4=CNC5CC=CC=C45)n3)C2)cc1. The van der Waals surface area contributed by atoms with Crippen molar-refractivity contribution in [1.82, 2.24) is 25.1 Å². The van der Waals surface area contributed by atoms with Crippen LogP contribution in [-0.2, 0) is 11.2 Å². The highest BCUT2D eigenvalue weighted by atomic mass is 35.5. The third kappa shape index (κ3) is 6.69. The molecule has 3 aliphatic rings. The second-order valence-electron chi connectivity index (χ2n) is 10.7. The Balaban J connectivity index is 1.20. The minimum Gasteiger partial charge on any atom is -0.383 e. The Bertz CT molecular complexity index is 1380. The Labute approximate surface area is 240 Å². The van der Waals surface area contributed by atoms with Gasteiger partial charge in [0.2, 0.25) is 5.95 Å². The fourth-order valence-corrected chi connectivity index (χ4v) is 5.42. The number of ketones is 1. The lowest BCUT2D eigenvalue weighted by Gasteiger charge is -2.33. The first-order valence-corrected chi connectivity index (χ1v) is 14.1. The quantitative estimate of drug-likeness (QED) is 0.444. The molecule has 1 aromatic heterocycles. The van der Waals surface area contributed by atoms with Gasteiger partial charge >= 0.3 is 0 Å². The maximum Gasteiger partial charge on any atom is 0.253 e. The van der Waals surface area contributed by atoms with Gasteiger partial charge in [-0.05, 0) is 62.7 Å². The molecule has 0 bridgehead atoms. The van der Waals surface area contributed by atoms with Crippen LogP contribution in [0.5, 0.6) is 0 Å². The molecule has 8 nitrogen and oxygen atoms in total. The number of piperidine rings is 1. The molecule has 2 aliphatic heterocycles. The summed E-state index contributed by atoms with van der Waals surface area (Å²) in [7, 11) is 3.92. The number of fused-ring (bicyclic) bond motifs is 1. The summed E-state index contributed by atoms with van der Waals surface area (Å²) in [4.78, 5) is 38.5. The van der Waals surface area contributed by atoms with Gasteiger partial charge in [0.05, 0.1) is 23.0 Å². The largest absolute Gasteiger partial charge is 0.383 e. The van der Waals surface area contributed by atoms with Crippen molar-refractivity contribution < 1.29 is 9.59 Å². The fourth-order valence-electron chi connectivity index (χ4n) is 5.23. The molecule has 1 amide bonds. The highest BCUT2D eigenvalue weighted by Crippen LogP contribution is 2.35. The lowest BCUT2D eigenvalue weighted by atomic mass is 9.94. The topological polar surface area (TPSA) is 90.5 Å². The summed E-state index contributed by atoms with van der Waals surface area (Å²) in [5.41, 5.74) is 4.38. The predicted molar refractivity (Wildman–Crippen MR) is 159 cm³/mol. The number of rotatable bonds is 9. The van der Waals surface area contributed by atoms with E-state index in [9.17, 15) is 9.59 Å². The molecule has 0 spiro atoms. The zero-order valence-electron chi connectivity index (χ0n) is 22.9. The second-order valence-corrected chi connectivity index (χ2v) is 11.1. The first-order chi connectivity index (χ1) is 19.4. The third-order valence-corrected chi connectivity index (χ3v) is 7.57. The van der Waals surface area contributed by atoms with E-state index in [1.54, 1.807) is 12.3 Å². The van der Waals surface area contributed by atoms with Crippen LogP contribution in [-0.4, -0.2) is 77.3 Å². The summed E-state index contributed by atoms with van der Waals surface area (Å²) in [6, 6.07) is 7.63. The van der Waals surface area contributed by atoms with Gasteiger partial charge in [0.1, 0.15) is 0 Å². The lowest BCUT2D eigenvalue weighted by Crippen LogP contribution is -2.45. The summed E-state index contributed by atoms with van der Waals surface area (Å²) < 4.78 is 0. The lowest BCUT2D eigenvalue weighted by molar-refractivity contribution is -0.114. The third-order valence-electron chi connectivity index (χ3n) is 7.29. The molecular weight excluding hydrogens is 524 g/mol. The van der Waals surface area contributed by atoms with Gasteiger partial charge in [-0.2, -0.15) is 0 Å². The number of likely N-dealkylation sites (tertiary alicyclic amines) is 1. The molecule has 1 saturated heterocycles. The van der Waals surface area contributed by atoms with Gasteiger partial charge in [0.25, 0.3) is 5.91 Å². The molecule has 9 heteroatoms. The Kier molecular flexibility index (Phi) is 8.77. The molecule has 2 atom stereocenters. The van der Waals surface area contributed by atoms with Crippen molar-refractivity contribution >= 4 is 34.8 Å². The number of carbonyl (C=O) groups excluding carboxylic acids is 2. The maximum absolute atomic E-state index is 13.3. The van der Waals surface area contributed by atoms with Crippen LogP contribution < -0.4 is 10.6 Å². The van der Waals surface area contributed by atoms with Gasteiger partial charge in [0, 0.05) is 49.4 Å². The van der Waals surface area contributed by atoms with Gasteiger partial charge in [-0.1, -0.05) is 48.0 Å². The number of aromatic nitrogens is 2. The van der Waals surface area contributed by atoms with Crippen LogP contribution in [0.25, 0.3) is 5.57 Å². The van der Waals surface area contributed by atoms with Crippen LogP contribution in [0, 0.1) is 0 Å². The number of nitrogens with zero attached hydrogens (tertiary/aromatic N) is 4. The summed E-state index contributed by atoms with van der Waals surface area (Å²) in [6.45, 7) is 1.98. The van der Waals surface area contributed by atoms with Gasteiger partial charge in [-0.15, -0.1) is 0 Å². The number of nitrogens with one attached hydrogen (secondary N) is 2. The molecule has 2 N–H and O–H groups in total. The van der Waals surface area contributed by atoms with E-state index in [1.807, 2.05) is 60.4 Å². The number of amides is 1. The predicted octanol–water partition coefficient (Wildman–Crippen LogP) is 4.28. The first-order valence-electron chi connectivity index (χ1n) is 13.7. The minimum atomic E-state index is -0.0153. The Morgan fingerprint density at radius 3 is 2.88 bits per heavy atom. The van der Waals surface area contributed by atoms with E-state index in [2.05, 4.69) is 33.8 Å². The summed E-state index contributed by atoms with van der Waals surface area (Å²) in [5, 5.41) is 7.34. The van der Waals surface area contributed by atoms with Gasteiger partial charge in [-0.3, -0.25) is 9.59 Å². The molecule has 0 radical (unpaired) electrons. The Hall–Kier alpha value is -3.75. The molecular formula is C31H35ClN6O2. The molecule has 1 aliphatic carbocycles. The average molecular weight is 559 g/mol. The molecule has 3 heterocycles. The smallest absolute Gasteiger partial charge is 0.253 e. The van der Waals surface area contributed by atoms with Crippen molar-refractivity contribution in [3.05, 3.63) is 94.5 Å². The molecule has 2 aromatic rings. The van der Waals surface area contributed by atoms with E-state index in [0.29, 0.717) is 41.7 Å². The number of likely N-dealkylation sites (N-methyl/N-ethyl adjacent to an activating group) is 1. The standard InChI is InChI=1S/C31H35ClN6O2/c1-37(2)15-6-8-24(39)17-21-11-13-22(14-12-21)30(40)38-16-5-7-23(20-38)35-31-34-19-27(32)29(36-31)26-18-33-28-10-4-3-9-25(26)28/h3-4,6,8-9,11-14,18-19,23,28,33H,5,7,10,15-17,20H2,1-2H3,(H,34,35,36)/b8-6+. The van der Waals surface area contributed by atoms with Crippen LogP contribution >= 0.6 is 11.6 Å². The Morgan fingerprint density at radius 1 is 1.25 bits per heavy atom. The van der Waals surface area contributed by atoms with Crippen LogP contribution in [0.1, 0.15) is 40.9 Å². The molecule has 1 aromatic carbocycles. The van der Waals surface area contributed by atoms with Crippen LogP contribution in [0.2, 0.25) is 5.02 Å². The number of hydrogen-bond acceptors (Lipinski definition) is 7. The summed E-state index contributed by atoms with van der Waals surface area (Å²) >= 11 is 6.51. The molecule has 40 heavy (non-hydrogen) atoms. The zero-order chi connectivity index (χ0) is 28.1. The second kappa shape index (κ2) is 12.6. The van der Waals surface area contributed by atoms with Crippen molar-refractivity contribution in [1.29, 1.82) is 0 Å². The number of hydrogen-bond donors (Lipinski definition) is 2. The molecule has 208 valence electrons. The van der Waals surface area contributed by atoms with E-state index in [0.717, 1.165) is 36.9 Å². The van der Waals surface area contributed by atoms with Crippen molar-refractivity contribution in [2.45, 2.75) is 37.8 Å². The fraction of sp³-hybridized carbons (Fsp3) is 0.355. The van der Waals surface area contributed by atoms with E-state index >= 15 is 0 Å². The van der Waals surface area contributed by atoms with Crippen molar-refractivity contribution in [3.8, 4) is 0 Å². The van der Waals surface area contributed by atoms with Crippen molar-refractivity contribution in [2.24, 2.45) is 0 Å². The summed E-state index contributed by atoms with van der Waals surface area (Å²) in [6.07, 6.45) is 16.4. The van der Waals surface area contributed by atoms with Crippen molar-refractivity contribution in [3.63, 3.8) is 0 Å². The minimum absolute atomic E-state index is 0.0153. The first kappa shape index (κ1) is 27.8. The number of halogens is 1. The van der Waals surface area contributed by atoms with E-state index in [-0.39, 0.29) is 23.8 Å². The van der Waals surface area contributed by atoms with Gasteiger partial charge in [-0.25, -0.2) is 9.97 Å². The number of carbonyl (C=O) groups is 2. The normalized spacial score (nSPS) is 20.2. The highest BCUT2D eigenvalue weighted by molar-refractivity contribution is 6.32. The van der Waals surface area contributed by atoms with E-state index < -0.39 is 0 Å². The Morgan fingerprint density at radius 2 is 2.08 bits per heavy atom. The molecule has 0 saturated carbocycles. The van der Waals surface area contributed by atoms with Gasteiger partial charge < -0.3 is 20.4 Å². The van der Waals surface area contributed by atoms with Gasteiger partial charge in [0.15, 0.2) is 5.78 Å². The van der Waals surface area contributed by atoms with Crippen LogP contribution in [0.3, 0.4) is 0 Å². The molecule has 2 unspecified atom stereocenters. The van der Waals surface area contributed by atoms with Crippen molar-refractivity contribution in [2.75, 3.05) is 39.0 Å². The number of benzene rings is 1. The monoisotopic (exact) mass is 558 g/mol. The van der Waals surface area contributed by atoms with Crippen LogP contribution in [0.15, 0.2) is 72.6 Å². The number of anilines is 1. The summed E-state index contributed by atoms with van der Waals surface area (Å²) in [5.74, 6) is 0.535. The molecule has 1 fully saturated rings. The zero-order valence-corrected chi connectivity index (χ0v) is 23.7. The highest BCUT2D eigenvalue weighted by Gasteiger charge is 2.28. The maximum atomic E-state index is 13.3. The van der Waals surface area contributed by atoms with E-state index in [1.165, 1.54) is 5.57 Å². The average Bonchev–Trinajstić information content (AvgIpc) is 3.38. The number of allylic oxidation sites excluding steroid dienone is 3. The van der Waals surface area contributed by atoms with E-state index in [4.69, 9.17) is 16.6 Å². The van der Waals surface area contributed by atoms with Crippen LogP contribution in [0.4, 0.5) is 5.95 Å². The molecule has 5 rings (SSSR count).